The second-order valence-electron chi connectivity index (χ2n) is 9.31. The molecule has 214 valence electrons. The lowest BCUT2D eigenvalue weighted by molar-refractivity contribution is -0.139. The number of ether oxygens (including phenoxy) is 2. The molecule has 3 aromatic carbocycles. The van der Waals surface area contributed by atoms with E-state index >= 15 is 0 Å². The van der Waals surface area contributed by atoms with Crippen molar-refractivity contribution in [2.45, 2.75) is 44.3 Å². The molecule has 0 aliphatic carbocycles. The molecule has 0 saturated carbocycles. The first kappa shape index (κ1) is 30.8. The van der Waals surface area contributed by atoms with Crippen molar-refractivity contribution in [3.63, 3.8) is 0 Å². The molecule has 3 aromatic rings. The van der Waals surface area contributed by atoms with E-state index < -0.39 is 28.5 Å². The highest BCUT2D eigenvalue weighted by molar-refractivity contribution is 7.92. The van der Waals surface area contributed by atoms with E-state index in [2.05, 4.69) is 5.32 Å². The van der Waals surface area contributed by atoms with Crippen molar-refractivity contribution in [1.29, 1.82) is 0 Å². The summed E-state index contributed by atoms with van der Waals surface area (Å²) in [5, 5.41) is 3.24. The molecule has 0 radical (unpaired) electrons. The van der Waals surface area contributed by atoms with Crippen LogP contribution in [0.2, 0.25) is 5.02 Å². The van der Waals surface area contributed by atoms with Gasteiger partial charge in [-0.2, -0.15) is 0 Å². The summed E-state index contributed by atoms with van der Waals surface area (Å²) in [5.41, 5.74) is 0.787. The van der Waals surface area contributed by atoms with Crippen LogP contribution in [0.5, 0.6) is 11.5 Å². The molecule has 1 unspecified atom stereocenters. The molecule has 0 spiro atoms. The lowest BCUT2D eigenvalue weighted by Gasteiger charge is -2.32. The number of carbonyl (C=O) groups is 2. The molecule has 0 aliphatic rings. The molecule has 40 heavy (non-hydrogen) atoms. The second kappa shape index (κ2) is 13.5. The summed E-state index contributed by atoms with van der Waals surface area (Å²) >= 11 is 6.39. The first-order valence-corrected chi connectivity index (χ1v) is 14.4. The van der Waals surface area contributed by atoms with E-state index in [1.807, 2.05) is 13.8 Å². The highest BCUT2D eigenvalue weighted by Gasteiger charge is 2.34. The zero-order valence-electron chi connectivity index (χ0n) is 23.1. The average Bonchev–Trinajstić information content (AvgIpc) is 2.94. The van der Waals surface area contributed by atoms with Gasteiger partial charge in [-0.1, -0.05) is 41.9 Å². The van der Waals surface area contributed by atoms with Gasteiger partial charge in [-0.15, -0.1) is 0 Å². The molecule has 0 saturated heterocycles. The Kier molecular flexibility index (Phi) is 10.4. The SMILES string of the molecule is COc1ccc(S(=O)(=O)N(CC(=O)N(Cc2ccccc2Cl)C(C)C(=O)NC(C)C)c2ccccc2OC)cc1. The number of halogens is 1. The summed E-state index contributed by atoms with van der Waals surface area (Å²) < 4.78 is 39.6. The minimum Gasteiger partial charge on any atom is -0.497 e. The van der Waals surface area contributed by atoms with E-state index in [1.165, 1.54) is 43.4 Å². The number of anilines is 1. The summed E-state index contributed by atoms with van der Waals surface area (Å²) in [5.74, 6) is -0.239. The van der Waals surface area contributed by atoms with Crippen molar-refractivity contribution in [1.82, 2.24) is 10.2 Å². The van der Waals surface area contributed by atoms with Crippen LogP contribution in [0.3, 0.4) is 0 Å². The van der Waals surface area contributed by atoms with Gasteiger partial charge in [-0.25, -0.2) is 8.42 Å². The monoisotopic (exact) mass is 587 g/mol. The lowest BCUT2D eigenvalue weighted by atomic mass is 10.1. The molecule has 2 amide bonds. The number of rotatable bonds is 12. The second-order valence-corrected chi connectivity index (χ2v) is 11.6. The highest BCUT2D eigenvalue weighted by Crippen LogP contribution is 2.33. The van der Waals surface area contributed by atoms with E-state index in [-0.39, 0.29) is 34.8 Å². The summed E-state index contributed by atoms with van der Waals surface area (Å²) in [6.07, 6.45) is 0. The van der Waals surface area contributed by atoms with Crippen LogP contribution in [0.25, 0.3) is 0 Å². The Bertz CT molecular complexity index is 1430. The van der Waals surface area contributed by atoms with Crippen LogP contribution in [0, 0.1) is 0 Å². The number of nitrogens with zero attached hydrogens (tertiary/aromatic N) is 2. The van der Waals surface area contributed by atoms with Gasteiger partial charge < -0.3 is 19.7 Å². The van der Waals surface area contributed by atoms with Crippen LogP contribution >= 0.6 is 11.6 Å². The van der Waals surface area contributed by atoms with Crippen LogP contribution in [-0.2, 0) is 26.2 Å². The van der Waals surface area contributed by atoms with Crippen LogP contribution < -0.4 is 19.1 Å². The first-order valence-electron chi connectivity index (χ1n) is 12.6. The maximum Gasteiger partial charge on any atom is 0.264 e. The Morgan fingerprint density at radius 2 is 1.52 bits per heavy atom. The van der Waals surface area contributed by atoms with Gasteiger partial charge in [0.05, 0.1) is 24.8 Å². The van der Waals surface area contributed by atoms with E-state index in [1.54, 1.807) is 55.5 Å². The minimum absolute atomic E-state index is 0.00641. The molecule has 0 bridgehead atoms. The summed E-state index contributed by atoms with van der Waals surface area (Å²) in [6.45, 7) is 4.62. The number of hydrogen-bond acceptors (Lipinski definition) is 6. The van der Waals surface area contributed by atoms with Gasteiger partial charge in [0.25, 0.3) is 10.0 Å². The number of sulfonamides is 1. The fourth-order valence-electron chi connectivity index (χ4n) is 4.02. The molecule has 1 atom stereocenters. The molecular formula is C29H34ClN3O6S. The molecule has 3 rings (SSSR count). The third-order valence-corrected chi connectivity index (χ3v) is 8.32. The van der Waals surface area contributed by atoms with E-state index in [4.69, 9.17) is 21.1 Å². The molecular weight excluding hydrogens is 554 g/mol. The number of benzene rings is 3. The van der Waals surface area contributed by atoms with Crippen molar-refractivity contribution in [3.05, 3.63) is 83.4 Å². The Balaban J connectivity index is 2.08. The molecule has 0 fully saturated rings. The lowest BCUT2D eigenvalue weighted by Crippen LogP contribution is -2.52. The Morgan fingerprint density at radius 1 is 0.900 bits per heavy atom. The summed E-state index contributed by atoms with van der Waals surface area (Å²) in [6, 6.07) is 18.3. The van der Waals surface area contributed by atoms with Crippen LogP contribution in [0.15, 0.2) is 77.7 Å². The molecule has 9 nitrogen and oxygen atoms in total. The van der Waals surface area contributed by atoms with E-state index in [0.29, 0.717) is 16.3 Å². The summed E-state index contributed by atoms with van der Waals surface area (Å²) in [7, 11) is -1.37. The van der Waals surface area contributed by atoms with Gasteiger partial charge in [0.15, 0.2) is 0 Å². The third-order valence-electron chi connectivity index (χ3n) is 6.18. The molecule has 0 aliphatic heterocycles. The molecule has 0 aromatic heterocycles. The van der Waals surface area contributed by atoms with Crippen molar-refractivity contribution >= 4 is 39.1 Å². The maximum absolute atomic E-state index is 14.0. The third kappa shape index (κ3) is 7.25. The highest BCUT2D eigenvalue weighted by atomic mass is 35.5. The average molecular weight is 588 g/mol. The number of nitrogens with one attached hydrogen (secondary N) is 1. The topological polar surface area (TPSA) is 105 Å². The molecule has 1 N–H and O–H groups in total. The van der Waals surface area contributed by atoms with Gasteiger partial charge in [0.2, 0.25) is 11.8 Å². The Morgan fingerprint density at radius 3 is 2.12 bits per heavy atom. The standard InChI is InChI=1S/C29H34ClN3O6S/c1-20(2)31-29(35)21(3)32(18-22-10-6-7-11-25(22)30)28(34)19-33(26-12-8-9-13-27(26)39-5)40(36,37)24-16-14-23(38-4)15-17-24/h6-17,20-21H,18-19H2,1-5H3,(H,31,35). The first-order chi connectivity index (χ1) is 19.0. The number of para-hydroxylation sites is 2. The maximum atomic E-state index is 14.0. The van der Waals surface area contributed by atoms with Gasteiger partial charge in [-0.05, 0) is 68.8 Å². The normalized spacial score (nSPS) is 12.0. The van der Waals surface area contributed by atoms with Crippen molar-refractivity contribution < 1.29 is 27.5 Å². The van der Waals surface area contributed by atoms with E-state index in [9.17, 15) is 18.0 Å². The van der Waals surface area contributed by atoms with Crippen molar-refractivity contribution in [2.75, 3.05) is 25.1 Å². The number of methoxy groups -OCH3 is 2. The molecule has 11 heteroatoms. The van der Waals surface area contributed by atoms with Crippen molar-refractivity contribution in [2.24, 2.45) is 0 Å². The number of hydrogen-bond donors (Lipinski definition) is 1. The summed E-state index contributed by atoms with van der Waals surface area (Å²) in [4.78, 5) is 28.3. The van der Waals surface area contributed by atoms with Crippen LogP contribution in [-0.4, -0.2) is 58.0 Å². The smallest absolute Gasteiger partial charge is 0.264 e. The Labute approximate surface area is 240 Å². The fraction of sp³-hybridized carbons (Fsp3) is 0.310. The van der Waals surface area contributed by atoms with Gasteiger partial charge in [0, 0.05) is 17.6 Å². The quantitative estimate of drug-likeness (QED) is 0.335. The molecule has 0 heterocycles. The predicted molar refractivity (Wildman–Crippen MR) is 155 cm³/mol. The van der Waals surface area contributed by atoms with Crippen LogP contribution in [0.4, 0.5) is 5.69 Å². The fourth-order valence-corrected chi connectivity index (χ4v) is 5.64. The Hall–Kier alpha value is -3.76. The van der Waals surface area contributed by atoms with Gasteiger partial charge in [-0.3, -0.25) is 13.9 Å². The largest absolute Gasteiger partial charge is 0.497 e. The van der Waals surface area contributed by atoms with Crippen molar-refractivity contribution in [3.8, 4) is 11.5 Å². The zero-order valence-corrected chi connectivity index (χ0v) is 24.7. The predicted octanol–water partition coefficient (Wildman–Crippen LogP) is 4.49. The number of amides is 2. The van der Waals surface area contributed by atoms with Gasteiger partial charge >= 0.3 is 0 Å². The van der Waals surface area contributed by atoms with Crippen LogP contribution in [0.1, 0.15) is 26.3 Å². The minimum atomic E-state index is -4.26. The zero-order chi connectivity index (χ0) is 29.4. The van der Waals surface area contributed by atoms with Gasteiger partial charge in [0.1, 0.15) is 24.1 Å². The van der Waals surface area contributed by atoms with E-state index in [0.717, 1.165) is 4.31 Å². The number of carbonyl (C=O) groups excluding carboxylic acids is 2.